The number of hydrogen-bond acceptors (Lipinski definition) is 6. The topological polar surface area (TPSA) is 111 Å². The first-order chi connectivity index (χ1) is 15.8. The Morgan fingerprint density at radius 3 is 2.48 bits per heavy atom. The van der Waals surface area contributed by atoms with Crippen molar-refractivity contribution in [2.45, 2.75) is 56.2 Å². The quantitative estimate of drug-likeness (QED) is 0.604. The molecule has 1 aliphatic heterocycles. The van der Waals surface area contributed by atoms with Gasteiger partial charge >= 0.3 is 6.03 Å². The number of hydrogen-bond donors (Lipinski definition) is 3. The molecule has 0 unspecified atom stereocenters. The smallest absolute Gasteiger partial charge is 0.326 e. The fourth-order valence-corrected chi connectivity index (χ4v) is 5.30. The average molecular weight is 449 g/mol. The van der Waals surface area contributed by atoms with E-state index in [-0.39, 0.29) is 17.5 Å². The Morgan fingerprint density at radius 1 is 1.15 bits per heavy atom. The van der Waals surface area contributed by atoms with Crippen molar-refractivity contribution in [2.75, 3.05) is 22.6 Å². The van der Waals surface area contributed by atoms with Crippen molar-refractivity contribution in [1.82, 2.24) is 14.9 Å². The van der Waals surface area contributed by atoms with Crippen LogP contribution in [0.5, 0.6) is 0 Å². The summed E-state index contributed by atoms with van der Waals surface area (Å²) in [6.45, 7) is 3.94. The van der Waals surface area contributed by atoms with Crippen LogP contribution in [0.4, 0.5) is 27.9 Å². The lowest BCUT2D eigenvalue weighted by molar-refractivity contribution is -0.111. The number of nitrogens with zero attached hydrogens (tertiary/aromatic N) is 4. The summed E-state index contributed by atoms with van der Waals surface area (Å²) in [4.78, 5) is 37.8. The molecule has 2 heterocycles. The maximum Gasteiger partial charge on any atom is 0.326 e. The molecule has 1 aromatic carbocycles. The van der Waals surface area contributed by atoms with Crippen molar-refractivity contribution in [3.8, 4) is 0 Å². The number of aromatic nitrogens is 2. The summed E-state index contributed by atoms with van der Waals surface area (Å²) in [6.07, 6.45) is 7.67. The summed E-state index contributed by atoms with van der Waals surface area (Å²) in [7, 11) is 1.74. The normalized spacial score (nSPS) is 26.1. The van der Waals surface area contributed by atoms with E-state index >= 15 is 0 Å². The van der Waals surface area contributed by atoms with E-state index in [0.717, 1.165) is 44.1 Å². The zero-order chi connectivity index (χ0) is 23.2. The standard InChI is InChI=1S/C24H28N6O3/c1-3-19(31)26-17-6-4-5-7-18(17)27-21-25-14-16-15-30(22(32)29(2)20(16)28-21)23-8-11-24(33,12-9-23)13-10-23/h3-7,14,33H,1,8-13,15H2,2H3,(H,26,31)(H,25,27,28). The van der Waals surface area contributed by atoms with E-state index in [1.54, 1.807) is 24.2 Å². The third-order valence-corrected chi connectivity index (χ3v) is 7.36. The van der Waals surface area contributed by atoms with E-state index in [4.69, 9.17) is 0 Å². The van der Waals surface area contributed by atoms with Gasteiger partial charge in [-0.3, -0.25) is 9.69 Å². The van der Waals surface area contributed by atoms with E-state index in [2.05, 4.69) is 27.2 Å². The molecule has 0 saturated heterocycles. The first-order valence-corrected chi connectivity index (χ1v) is 11.3. The van der Waals surface area contributed by atoms with Crippen LogP contribution in [0.2, 0.25) is 0 Å². The highest BCUT2D eigenvalue weighted by atomic mass is 16.3. The predicted octanol–water partition coefficient (Wildman–Crippen LogP) is 3.55. The van der Waals surface area contributed by atoms with Crippen LogP contribution in [0.15, 0.2) is 43.1 Å². The summed E-state index contributed by atoms with van der Waals surface area (Å²) in [5.74, 6) is 0.589. The predicted molar refractivity (Wildman–Crippen MR) is 125 cm³/mol. The van der Waals surface area contributed by atoms with Gasteiger partial charge in [-0.05, 0) is 56.7 Å². The van der Waals surface area contributed by atoms with Crippen molar-refractivity contribution in [1.29, 1.82) is 0 Å². The number of fused-ring (bicyclic) bond motifs is 4. The summed E-state index contributed by atoms with van der Waals surface area (Å²) in [6, 6.07) is 7.16. The van der Waals surface area contributed by atoms with Crippen LogP contribution in [0.1, 0.15) is 44.1 Å². The summed E-state index contributed by atoms with van der Waals surface area (Å²) in [5, 5.41) is 16.5. The first-order valence-electron chi connectivity index (χ1n) is 11.3. The minimum atomic E-state index is -0.546. The molecule has 3 N–H and O–H groups in total. The lowest BCUT2D eigenvalue weighted by Gasteiger charge is -2.57. The minimum Gasteiger partial charge on any atom is -0.390 e. The van der Waals surface area contributed by atoms with Crippen LogP contribution in [-0.4, -0.2) is 50.1 Å². The zero-order valence-corrected chi connectivity index (χ0v) is 18.7. The number of nitrogens with one attached hydrogen (secondary N) is 2. The fourth-order valence-electron chi connectivity index (χ4n) is 5.30. The highest BCUT2D eigenvalue weighted by Crippen LogP contribution is 2.51. The van der Waals surface area contributed by atoms with E-state index in [1.165, 1.54) is 6.08 Å². The molecule has 3 saturated carbocycles. The zero-order valence-electron chi connectivity index (χ0n) is 18.7. The fraction of sp³-hybridized carbons (Fsp3) is 0.417. The minimum absolute atomic E-state index is 0.0712. The molecule has 1 aromatic heterocycles. The van der Waals surface area contributed by atoms with Gasteiger partial charge in [-0.2, -0.15) is 4.98 Å². The van der Waals surface area contributed by atoms with E-state index in [9.17, 15) is 14.7 Å². The average Bonchev–Trinajstić information content (AvgIpc) is 2.83. The Kier molecular flexibility index (Phi) is 5.08. The summed E-state index contributed by atoms with van der Waals surface area (Å²) >= 11 is 0. The van der Waals surface area contributed by atoms with E-state index < -0.39 is 5.60 Å². The van der Waals surface area contributed by atoms with Crippen molar-refractivity contribution in [3.05, 3.63) is 48.7 Å². The number of anilines is 4. The van der Waals surface area contributed by atoms with E-state index in [0.29, 0.717) is 29.7 Å². The Bertz CT molecular complexity index is 1110. The van der Waals surface area contributed by atoms with Gasteiger partial charge in [0.1, 0.15) is 5.82 Å². The lowest BCUT2D eigenvalue weighted by atomic mass is 9.62. The molecule has 3 aliphatic carbocycles. The monoisotopic (exact) mass is 448 g/mol. The Balaban J connectivity index is 1.39. The molecule has 33 heavy (non-hydrogen) atoms. The molecular formula is C24H28N6O3. The largest absolute Gasteiger partial charge is 0.390 e. The van der Waals surface area contributed by atoms with Gasteiger partial charge in [0.25, 0.3) is 0 Å². The third kappa shape index (κ3) is 3.72. The second kappa shape index (κ2) is 7.84. The van der Waals surface area contributed by atoms with Crippen molar-refractivity contribution in [2.24, 2.45) is 0 Å². The summed E-state index contributed by atoms with van der Waals surface area (Å²) in [5.41, 5.74) is 1.35. The number of aliphatic hydroxyl groups is 1. The van der Waals surface area contributed by atoms with Crippen molar-refractivity contribution >= 4 is 35.1 Å². The SMILES string of the molecule is C=CC(=O)Nc1ccccc1Nc1ncc2c(n1)N(C)C(=O)N(C13CCC(O)(CC1)CC3)C2. The molecule has 2 aromatic rings. The van der Waals surface area contributed by atoms with E-state index in [1.807, 2.05) is 23.1 Å². The second-order valence-corrected chi connectivity index (χ2v) is 9.28. The van der Waals surface area contributed by atoms with Gasteiger partial charge in [0, 0.05) is 24.3 Å². The van der Waals surface area contributed by atoms with Crippen LogP contribution < -0.4 is 15.5 Å². The number of carbonyl (C=O) groups is 2. The highest BCUT2D eigenvalue weighted by molar-refractivity contribution is 6.01. The number of carbonyl (C=O) groups excluding carboxylic acids is 2. The Morgan fingerprint density at radius 2 is 1.82 bits per heavy atom. The summed E-state index contributed by atoms with van der Waals surface area (Å²) < 4.78 is 0. The molecule has 0 atom stereocenters. The van der Waals surface area contributed by atoms with Gasteiger partial charge in [0.15, 0.2) is 0 Å². The van der Waals surface area contributed by atoms with Gasteiger partial charge in [-0.15, -0.1) is 0 Å². The number of amides is 3. The lowest BCUT2D eigenvalue weighted by Crippen LogP contribution is -2.63. The van der Waals surface area contributed by atoms with Gasteiger partial charge in [0.05, 0.1) is 23.5 Å². The molecular weight excluding hydrogens is 420 g/mol. The Hall–Kier alpha value is -3.46. The van der Waals surface area contributed by atoms with Crippen LogP contribution >= 0.6 is 0 Å². The third-order valence-electron chi connectivity index (χ3n) is 7.36. The highest BCUT2D eigenvalue weighted by Gasteiger charge is 2.53. The maximum absolute atomic E-state index is 13.4. The molecule has 4 aliphatic rings. The Labute approximate surface area is 192 Å². The van der Waals surface area contributed by atoms with Crippen molar-refractivity contribution in [3.63, 3.8) is 0 Å². The van der Waals surface area contributed by atoms with Gasteiger partial charge in [-0.25, -0.2) is 9.78 Å². The second-order valence-electron chi connectivity index (χ2n) is 9.28. The molecule has 9 heteroatoms. The van der Waals surface area contributed by atoms with Gasteiger partial charge in [0.2, 0.25) is 11.9 Å². The molecule has 6 rings (SSSR count). The van der Waals surface area contributed by atoms with Gasteiger partial charge < -0.3 is 20.6 Å². The number of urea groups is 1. The van der Waals surface area contributed by atoms with Crippen molar-refractivity contribution < 1.29 is 14.7 Å². The molecule has 0 spiro atoms. The first kappa shape index (κ1) is 21.4. The molecule has 9 nitrogen and oxygen atoms in total. The molecule has 3 fully saturated rings. The number of benzene rings is 1. The number of rotatable bonds is 5. The van der Waals surface area contributed by atoms with Crippen LogP contribution in [0.25, 0.3) is 0 Å². The molecule has 172 valence electrons. The molecule has 2 bridgehead atoms. The van der Waals surface area contributed by atoms with Crippen LogP contribution in [0, 0.1) is 0 Å². The van der Waals surface area contributed by atoms with Gasteiger partial charge in [-0.1, -0.05) is 18.7 Å². The number of para-hydroxylation sites is 2. The van der Waals surface area contributed by atoms with Crippen LogP contribution in [0.3, 0.4) is 0 Å². The molecule has 0 radical (unpaired) electrons. The maximum atomic E-state index is 13.4. The van der Waals surface area contributed by atoms with Crippen LogP contribution in [-0.2, 0) is 11.3 Å². The molecule has 3 amide bonds.